The second-order valence-electron chi connectivity index (χ2n) is 6.39. The number of hydrogen-bond acceptors (Lipinski definition) is 4. The van der Waals surface area contributed by atoms with Crippen LogP contribution in [0.25, 0.3) is 0 Å². The Kier molecular flexibility index (Phi) is 11.7. The van der Waals surface area contributed by atoms with Crippen LogP contribution in [0.5, 0.6) is 0 Å². The Morgan fingerprint density at radius 3 is 1.50 bits per heavy atom. The molecule has 0 aromatic carbocycles. The predicted octanol–water partition coefficient (Wildman–Crippen LogP) is 2.78. The van der Waals surface area contributed by atoms with Crippen molar-refractivity contribution in [2.75, 3.05) is 39.3 Å². The van der Waals surface area contributed by atoms with Crippen LogP contribution >= 0.6 is 0 Å². The van der Waals surface area contributed by atoms with Crippen LogP contribution in [0.1, 0.15) is 59.8 Å². The molecule has 6 heteroatoms. The SMILES string of the molecule is CCN(CC)CCC(CCCC(=O)O)(CCN(CC)CC)C(=O)O. The van der Waals surface area contributed by atoms with Gasteiger partial charge in [0.1, 0.15) is 0 Å². The number of nitrogens with zero attached hydrogens (tertiary/aromatic N) is 2. The lowest BCUT2D eigenvalue weighted by Crippen LogP contribution is -2.39. The lowest BCUT2D eigenvalue weighted by Gasteiger charge is -2.33. The molecule has 0 saturated carbocycles. The predicted molar refractivity (Wildman–Crippen MR) is 96.4 cm³/mol. The van der Waals surface area contributed by atoms with Crippen molar-refractivity contribution < 1.29 is 19.8 Å². The molecule has 0 atom stereocenters. The lowest BCUT2D eigenvalue weighted by molar-refractivity contribution is -0.151. The van der Waals surface area contributed by atoms with Gasteiger partial charge in [0, 0.05) is 6.42 Å². The second kappa shape index (κ2) is 12.3. The summed E-state index contributed by atoms with van der Waals surface area (Å²) in [5, 5.41) is 18.8. The zero-order chi connectivity index (χ0) is 18.6. The third kappa shape index (κ3) is 8.11. The lowest BCUT2D eigenvalue weighted by atomic mass is 9.76. The van der Waals surface area contributed by atoms with Gasteiger partial charge in [-0.05, 0) is 65.0 Å². The van der Waals surface area contributed by atoms with Crippen molar-refractivity contribution >= 4 is 11.9 Å². The van der Waals surface area contributed by atoms with Crippen molar-refractivity contribution in [3.05, 3.63) is 0 Å². The van der Waals surface area contributed by atoms with Gasteiger partial charge < -0.3 is 20.0 Å². The number of carboxylic acid groups (broad SMARTS) is 2. The van der Waals surface area contributed by atoms with Gasteiger partial charge in [0.25, 0.3) is 0 Å². The Hall–Kier alpha value is -1.14. The highest BCUT2D eigenvalue weighted by molar-refractivity contribution is 5.74. The zero-order valence-corrected chi connectivity index (χ0v) is 15.9. The van der Waals surface area contributed by atoms with Gasteiger partial charge in [-0.25, -0.2) is 0 Å². The Balaban J connectivity index is 5.06. The van der Waals surface area contributed by atoms with Gasteiger partial charge in [-0.1, -0.05) is 27.7 Å². The third-order valence-corrected chi connectivity index (χ3v) is 5.10. The molecule has 24 heavy (non-hydrogen) atoms. The van der Waals surface area contributed by atoms with Crippen LogP contribution in [0.3, 0.4) is 0 Å². The molecular formula is C18H36N2O4. The molecule has 6 nitrogen and oxygen atoms in total. The van der Waals surface area contributed by atoms with Crippen LogP contribution in [-0.4, -0.2) is 71.2 Å². The molecule has 0 aliphatic rings. The van der Waals surface area contributed by atoms with E-state index < -0.39 is 17.4 Å². The van der Waals surface area contributed by atoms with E-state index in [0.29, 0.717) is 25.7 Å². The van der Waals surface area contributed by atoms with Gasteiger partial charge in [0.05, 0.1) is 5.41 Å². The zero-order valence-electron chi connectivity index (χ0n) is 15.9. The molecular weight excluding hydrogens is 308 g/mol. The van der Waals surface area contributed by atoms with Gasteiger partial charge in [0.2, 0.25) is 0 Å². The second-order valence-corrected chi connectivity index (χ2v) is 6.39. The summed E-state index contributed by atoms with van der Waals surface area (Å²) in [6.45, 7) is 13.4. The summed E-state index contributed by atoms with van der Waals surface area (Å²) < 4.78 is 0. The maximum absolute atomic E-state index is 12.1. The number of aliphatic carboxylic acids is 2. The van der Waals surface area contributed by atoms with Crippen LogP contribution in [0.15, 0.2) is 0 Å². The first-order valence-corrected chi connectivity index (χ1v) is 9.25. The largest absolute Gasteiger partial charge is 0.481 e. The molecule has 0 aromatic heterocycles. The van der Waals surface area contributed by atoms with E-state index in [-0.39, 0.29) is 6.42 Å². The first-order chi connectivity index (χ1) is 11.3. The Morgan fingerprint density at radius 1 is 0.792 bits per heavy atom. The standard InChI is InChI=1S/C18H36N2O4/c1-5-19(6-2)14-12-18(17(23)24,11-9-10-16(21)22)13-15-20(7-3)8-4/h5-15H2,1-4H3,(H,21,22)(H,23,24). The minimum atomic E-state index is -0.859. The molecule has 142 valence electrons. The molecule has 0 aliphatic heterocycles. The molecule has 0 saturated heterocycles. The van der Waals surface area contributed by atoms with Crippen molar-refractivity contribution in [2.45, 2.75) is 59.8 Å². The molecule has 0 unspecified atom stereocenters. The summed E-state index contributed by atoms with van der Waals surface area (Å²) in [4.78, 5) is 27.4. The highest BCUT2D eigenvalue weighted by Crippen LogP contribution is 2.34. The fourth-order valence-corrected chi connectivity index (χ4v) is 3.10. The molecule has 0 amide bonds. The van der Waals surface area contributed by atoms with Gasteiger partial charge in [-0.15, -0.1) is 0 Å². The molecule has 0 aliphatic carbocycles. The minimum Gasteiger partial charge on any atom is -0.481 e. The molecule has 2 N–H and O–H groups in total. The van der Waals surface area contributed by atoms with Crippen molar-refractivity contribution in [1.29, 1.82) is 0 Å². The maximum atomic E-state index is 12.1. The van der Waals surface area contributed by atoms with E-state index in [4.69, 9.17) is 5.11 Å². The number of carboxylic acids is 2. The molecule has 0 rings (SSSR count). The summed E-state index contributed by atoms with van der Waals surface area (Å²) in [7, 11) is 0. The molecule has 0 aromatic rings. The topological polar surface area (TPSA) is 81.1 Å². The average molecular weight is 344 g/mol. The maximum Gasteiger partial charge on any atom is 0.309 e. The van der Waals surface area contributed by atoms with Crippen molar-refractivity contribution in [2.24, 2.45) is 5.41 Å². The van der Waals surface area contributed by atoms with E-state index in [1.807, 2.05) is 0 Å². The Labute approximate surface area is 146 Å². The Morgan fingerprint density at radius 2 is 1.21 bits per heavy atom. The summed E-state index contributed by atoms with van der Waals surface area (Å²) >= 11 is 0. The van der Waals surface area contributed by atoms with Crippen molar-refractivity contribution in [3.8, 4) is 0 Å². The van der Waals surface area contributed by atoms with E-state index in [9.17, 15) is 14.7 Å². The van der Waals surface area contributed by atoms with E-state index in [1.54, 1.807) is 0 Å². The third-order valence-electron chi connectivity index (χ3n) is 5.10. The van der Waals surface area contributed by atoms with Gasteiger partial charge in [-0.3, -0.25) is 9.59 Å². The monoisotopic (exact) mass is 344 g/mol. The van der Waals surface area contributed by atoms with Crippen LogP contribution in [0.2, 0.25) is 0 Å². The normalized spacial score (nSPS) is 12.1. The number of rotatable bonds is 15. The van der Waals surface area contributed by atoms with Crippen LogP contribution in [0, 0.1) is 5.41 Å². The van der Waals surface area contributed by atoms with Crippen molar-refractivity contribution in [3.63, 3.8) is 0 Å². The molecule has 0 radical (unpaired) electrons. The van der Waals surface area contributed by atoms with E-state index in [1.165, 1.54) is 0 Å². The molecule has 0 heterocycles. The number of carbonyl (C=O) groups is 2. The minimum absolute atomic E-state index is 0.0333. The fourth-order valence-electron chi connectivity index (χ4n) is 3.10. The molecule has 0 spiro atoms. The quantitative estimate of drug-likeness (QED) is 0.475. The molecule has 0 fully saturated rings. The van der Waals surface area contributed by atoms with E-state index in [2.05, 4.69) is 37.5 Å². The van der Waals surface area contributed by atoms with E-state index >= 15 is 0 Å². The van der Waals surface area contributed by atoms with E-state index in [0.717, 1.165) is 39.3 Å². The van der Waals surface area contributed by atoms with Gasteiger partial charge in [-0.2, -0.15) is 0 Å². The summed E-state index contributed by atoms with van der Waals surface area (Å²) in [6.07, 6.45) is 2.02. The summed E-state index contributed by atoms with van der Waals surface area (Å²) in [6, 6.07) is 0. The highest BCUT2D eigenvalue weighted by Gasteiger charge is 2.38. The first-order valence-electron chi connectivity index (χ1n) is 9.25. The van der Waals surface area contributed by atoms with Gasteiger partial charge >= 0.3 is 11.9 Å². The first kappa shape index (κ1) is 22.9. The van der Waals surface area contributed by atoms with Crippen molar-refractivity contribution in [1.82, 2.24) is 9.80 Å². The van der Waals surface area contributed by atoms with Crippen LogP contribution in [0.4, 0.5) is 0 Å². The summed E-state index contributed by atoms with van der Waals surface area (Å²) in [5.74, 6) is -1.64. The smallest absolute Gasteiger partial charge is 0.309 e. The average Bonchev–Trinajstić information content (AvgIpc) is 2.55. The summed E-state index contributed by atoms with van der Waals surface area (Å²) in [5.41, 5.74) is -0.833. The Bertz CT molecular complexity index is 350. The van der Waals surface area contributed by atoms with Crippen LogP contribution in [-0.2, 0) is 9.59 Å². The highest BCUT2D eigenvalue weighted by atomic mass is 16.4. The van der Waals surface area contributed by atoms with Gasteiger partial charge in [0.15, 0.2) is 0 Å². The number of hydrogen-bond donors (Lipinski definition) is 2. The molecule has 0 bridgehead atoms. The fraction of sp³-hybridized carbons (Fsp3) is 0.889. The van der Waals surface area contributed by atoms with Crippen LogP contribution < -0.4 is 0 Å².